The second-order valence-electron chi connectivity index (χ2n) is 4.44. The van der Waals surface area contributed by atoms with Gasteiger partial charge >= 0.3 is 5.97 Å². The molecule has 0 aliphatic rings. The monoisotopic (exact) mass is 266 g/mol. The number of carbonyl (C=O) groups excluding carboxylic acids is 1. The van der Waals surface area contributed by atoms with E-state index < -0.39 is 23.5 Å². The van der Waals surface area contributed by atoms with E-state index in [0.717, 1.165) is 0 Å². The second kappa shape index (κ2) is 6.31. The number of carboxylic acid groups (broad SMARTS) is 1. The molecule has 0 heterocycles. The van der Waals surface area contributed by atoms with Crippen LogP contribution in [0.3, 0.4) is 0 Å². The molecule has 5 N–H and O–H groups in total. The maximum absolute atomic E-state index is 12.1. The Labute approximate surface area is 111 Å². The average Bonchev–Trinajstić information content (AvgIpc) is 2.38. The first-order chi connectivity index (χ1) is 8.89. The number of hydrogen-bond donors (Lipinski definition) is 4. The summed E-state index contributed by atoms with van der Waals surface area (Å²) in [6.45, 7) is 1.18. The summed E-state index contributed by atoms with van der Waals surface area (Å²) in [5.41, 5.74) is 5.21. The number of amides is 1. The number of nitrogens with two attached hydrogens (primary N) is 1. The average molecular weight is 266 g/mol. The molecule has 1 rings (SSSR count). The molecule has 0 aliphatic heterocycles. The molecule has 0 saturated carbocycles. The summed E-state index contributed by atoms with van der Waals surface area (Å²) in [5, 5.41) is 20.0. The Hall–Kier alpha value is -1.92. The number of benzene rings is 1. The Morgan fingerprint density at radius 2 is 1.95 bits per heavy atom. The van der Waals surface area contributed by atoms with E-state index in [1.165, 1.54) is 6.92 Å². The Bertz CT molecular complexity index is 445. The first kappa shape index (κ1) is 15.1. The van der Waals surface area contributed by atoms with Crippen LogP contribution in [-0.4, -0.2) is 34.7 Å². The second-order valence-corrected chi connectivity index (χ2v) is 4.44. The Morgan fingerprint density at radius 1 is 1.37 bits per heavy atom. The molecule has 1 aromatic rings. The minimum Gasteiger partial charge on any atom is -0.480 e. The maximum atomic E-state index is 12.1. The fraction of sp³-hybridized carbons (Fsp3) is 0.385. The van der Waals surface area contributed by atoms with Crippen LogP contribution in [0.4, 0.5) is 0 Å². The van der Waals surface area contributed by atoms with Crippen LogP contribution in [0.5, 0.6) is 0 Å². The van der Waals surface area contributed by atoms with Crippen LogP contribution in [0.1, 0.15) is 18.9 Å². The van der Waals surface area contributed by atoms with Gasteiger partial charge in [-0.05, 0) is 12.5 Å². The summed E-state index contributed by atoms with van der Waals surface area (Å²) >= 11 is 0. The molecule has 1 aromatic carbocycles. The van der Waals surface area contributed by atoms with Gasteiger partial charge in [0.25, 0.3) is 0 Å². The summed E-state index contributed by atoms with van der Waals surface area (Å²) in [6, 6.07) is 7.53. The lowest BCUT2D eigenvalue weighted by molar-refractivity contribution is -0.143. The molecular formula is C13H18N2O4. The molecule has 0 saturated heterocycles. The van der Waals surface area contributed by atoms with E-state index >= 15 is 0 Å². The summed E-state index contributed by atoms with van der Waals surface area (Å²) < 4.78 is 0. The number of hydrogen-bond acceptors (Lipinski definition) is 4. The van der Waals surface area contributed by atoms with Gasteiger partial charge in [0.2, 0.25) is 5.91 Å². The van der Waals surface area contributed by atoms with Gasteiger partial charge in [-0.2, -0.15) is 0 Å². The highest BCUT2D eigenvalue weighted by molar-refractivity contribution is 5.90. The first-order valence-corrected chi connectivity index (χ1v) is 5.88. The highest BCUT2D eigenvalue weighted by atomic mass is 16.4. The molecule has 0 radical (unpaired) electrons. The molecule has 0 aromatic heterocycles. The minimum atomic E-state index is -1.33. The largest absolute Gasteiger partial charge is 0.480 e. The van der Waals surface area contributed by atoms with Gasteiger partial charge < -0.3 is 21.3 Å². The number of aliphatic hydroxyl groups excluding tert-OH is 1. The van der Waals surface area contributed by atoms with Gasteiger partial charge in [-0.3, -0.25) is 4.79 Å². The molecule has 0 aliphatic carbocycles. The summed E-state index contributed by atoms with van der Waals surface area (Å²) in [5.74, 6) is -1.80. The molecule has 1 unspecified atom stereocenters. The molecule has 104 valence electrons. The van der Waals surface area contributed by atoms with Crippen molar-refractivity contribution in [1.29, 1.82) is 0 Å². The number of carbonyl (C=O) groups is 2. The molecule has 2 atom stereocenters. The van der Waals surface area contributed by atoms with Gasteiger partial charge in [0.05, 0.1) is 0 Å². The van der Waals surface area contributed by atoms with Crippen molar-refractivity contribution in [2.75, 3.05) is 6.61 Å². The molecule has 6 heteroatoms. The fourth-order valence-electron chi connectivity index (χ4n) is 1.61. The molecule has 1 amide bonds. The zero-order valence-corrected chi connectivity index (χ0v) is 10.7. The van der Waals surface area contributed by atoms with E-state index in [-0.39, 0.29) is 13.0 Å². The van der Waals surface area contributed by atoms with E-state index in [9.17, 15) is 9.59 Å². The van der Waals surface area contributed by atoms with E-state index in [2.05, 4.69) is 5.32 Å². The Balaban J connectivity index is 2.84. The number of nitrogens with one attached hydrogen (secondary N) is 1. The molecule has 0 spiro atoms. The minimum absolute atomic E-state index is 0.0635. The van der Waals surface area contributed by atoms with Gasteiger partial charge in [0.1, 0.15) is 11.6 Å². The number of rotatable bonds is 6. The third-order valence-electron chi connectivity index (χ3n) is 2.87. The number of aliphatic carboxylic acids is 1. The van der Waals surface area contributed by atoms with Crippen LogP contribution in [0.25, 0.3) is 0 Å². The highest BCUT2D eigenvalue weighted by Gasteiger charge is 2.33. The standard InChI is InChI=1S/C13H18N2O4/c1-13(14,9-5-3-2-4-6-9)12(19)15-10(7-8-16)11(17)18/h2-6,10,16H,7-8,14H2,1H3,(H,15,19)(H,17,18)/t10-,13?/m1/s1. The van der Waals surface area contributed by atoms with Crippen molar-refractivity contribution in [2.45, 2.75) is 24.9 Å². The summed E-state index contributed by atoms with van der Waals surface area (Å²) in [4.78, 5) is 23.0. The number of aliphatic hydroxyl groups is 1. The van der Waals surface area contributed by atoms with Crippen LogP contribution in [0.2, 0.25) is 0 Å². The molecule has 0 fully saturated rings. The van der Waals surface area contributed by atoms with Gasteiger partial charge in [0, 0.05) is 13.0 Å². The summed E-state index contributed by atoms with van der Waals surface area (Å²) in [6.07, 6.45) is -0.0635. The van der Waals surface area contributed by atoms with Gasteiger partial charge in [-0.1, -0.05) is 30.3 Å². The Kier molecular flexibility index (Phi) is 5.02. The van der Waals surface area contributed by atoms with Gasteiger partial charge in [0.15, 0.2) is 0 Å². The summed E-state index contributed by atoms with van der Waals surface area (Å²) in [7, 11) is 0. The van der Waals surface area contributed by atoms with E-state index in [0.29, 0.717) is 5.56 Å². The first-order valence-electron chi connectivity index (χ1n) is 5.88. The zero-order chi connectivity index (χ0) is 14.5. The van der Waals surface area contributed by atoms with Crippen molar-refractivity contribution in [2.24, 2.45) is 5.73 Å². The zero-order valence-electron chi connectivity index (χ0n) is 10.7. The van der Waals surface area contributed by atoms with Crippen LogP contribution in [-0.2, 0) is 15.1 Å². The van der Waals surface area contributed by atoms with E-state index in [4.69, 9.17) is 15.9 Å². The SMILES string of the molecule is CC(N)(C(=O)N[C@H](CCO)C(=O)O)c1ccccc1. The molecule has 6 nitrogen and oxygen atoms in total. The third-order valence-corrected chi connectivity index (χ3v) is 2.87. The number of carboxylic acids is 1. The lowest BCUT2D eigenvalue weighted by Gasteiger charge is -2.26. The quantitative estimate of drug-likeness (QED) is 0.570. The van der Waals surface area contributed by atoms with Crippen LogP contribution >= 0.6 is 0 Å². The van der Waals surface area contributed by atoms with Crippen molar-refractivity contribution in [3.8, 4) is 0 Å². The topological polar surface area (TPSA) is 113 Å². The maximum Gasteiger partial charge on any atom is 0.326 e. The third kappa shape index (κ3) is 3.77. The molecule has 0 bridgehead atoms. The smallest absolute Gasteiger partial charge is 0.326 e. The van der Waals surface area contributed by atoms with Crippen LogP contribution in [0, 0.1) is 0 Å². The van der Waals surface area contributed by atoms with Gasteiger partial charge in [-0.15, -0.1) is 0 Å². The van der Waals surface area contributed by atoms with E-state index in [1.807, 2.05) is 0 Å². The molecular weight excluding hydrogens is 248 g/mol. The van der Waals surface area contributed by atoms with Crippen LogP contribution < -0.4 is 11.1 Å². The van der Waals surface area contributed by atoms with Crippen molar-refractivity contribution < 1.29 is 19.8 Å². The van der Waals surface area contributed by atoms with Crippen LogP contribution in [0.15, 0.2) is 30.3 Å². The van der Waals surface area contributed by atoms with E-state index in [1.54, 1.807) is 30.3 Å². The van der Waals surface area contributed by atoms with Gasteiger partial charge in [-0.25, -0.2) is 4.79 Å². The Morgan fingerprint density at radius 3 is 2.42 bits per heavy atom. The lowest BCUT2D eigenvalue weighted by atomic mass is 9.92. The molecule has 19 heavy (non-hydrogen) atoms. The lowest BCUT2D eigenvalue weighted by Crippen LogP contribution is -2.54. The fourth-order valence-corrected chi connectivity index (χ4v) is 1.61. The van der Waals surface area contributed by atoms with Crippen molar-refractivity contribution in [3.63, 3.8) is 0 Å². The predicted octanol–water partition coefficient (Wildman–Crippen LogP) is -0.188. The van der Waals surface area contributed by atoms with Crippen molar-refractivity contribution in [3.05, 3.63) is 35.9 Å². The van der Waals surface area contributed by atoms with Crippen molar-refractivity contribution >= 4 is 11.9 Å². The highest BCUT2D eigenvalue weighted by Crippen LogP contribution is 2.17. The predicted molar refractivity (Wildman–Crippen MR) is 69.3 cm³/mol. The van der Waals surface area contributed by atoms with Crippen molar-refractivity contribution in [1.82, 2.24) is 5.32 Å². The normalized spacial score (nSPS) is 15.3.